The highest BCUT2D eigenvalue weighted by atomic mass is 35.5. The van der Waals surface area contributed by atoms with E-state index in [1.165, 1.54) is 5.56 Å². The molecule has 5 aromatic rings. The van der Waals surface area contributed by atoms with Crippen molar-refractivity contribution < 1.29 is 4.74 Å². The standard InChI is InChI=1S/C22H17ClN6O/c1-14-4-3-5-15(12-14)18-10-11-29(27-18)21-19-20(25-22(23)26-21)28(13-24-19)16-6-8-17(30-2)9-7-16/h3-13H,1-2H3. The molecule has 0 aliphatic rings. The molecule has 0 atom stereocenters. The number of halogens is 1. The van der Waals surface area contributed by atoms with Crippen molar-refractivity contribution in [3.05, 3.63) is 78.0 Å². The van der Waals surface area contributed by atoms with Gasteiger partial charge < -0.3 is 4.74 Å². The molecule has 3 aromatic heterocycles. The second-order valence-corrected chi connectivity index (χ2v) is 7.15. The predicted molar refractivity (Wildman–Crippen MR) is 116 cm³/mol. The Morgan fingerprint density at radius 1 is 1.00 bits per heavy atom. The average Bonchev–Trinajstić information content (AvgIpc) is 3.41. The monoisotopic (exact) mass is 416 g/mol. The van der Waals surface area contributed by atoms with E-state index < -0.39 is 0 Å². The van der Waals surface area contributed by atoms with E-state index in [9.17, 15) is 0 Å². The van der Waals surface area contributed by atoms with Gasteiger partial charge in [0.05, 0.1) is 12.8 Å². The van der Waals surface area contributed by atoms with Crippen LogP contribution >= 0.6 is 11.6 Å². The third-order valence-electron chi connectivity index (χ3n) is 4.82. The van der Waals surface area contributed by atoms with E-state index >= 15 is 0 Å². The second kappa shape index (κ2) is 7.27. The first-order chi connectivity index (χ1) is 14.6. The first-order valence-corrected chi connectivity index (χ1v) is 9.68. The Morgan fingerprint density at radius 2 is 1.83 bits per heavy atom. The number of rotatable bonds is 4. The van der Waals surface area contributed by atoms with Crippen LogP contribution in [0.1, 0.15) is 5.56 Å². The van der Waals surface area contributed by atoms with Crippen LogP contribution in [0, 0.1) is 6.92 Å². The van der Waals surface area contributed by atoms with Crippen molar-refractivity contribution in [3.8, 4) is 28.5 Å². The molecule has 0 aliphatic heterocycles. The average molecular weight is 417 g/mol. The zero-order valence-corrected chi connectivity index (χ0v) is 17.1. The number of imidazole rings is 1. The lowest BCUT2D eigenvalue weighted by Gasteiger charge is -2.07. The molecular formula is C22H17ClN6O. The number of hydrogen-bond donors (Lipinski definition) is 0. The Labute approximate surface area is 177 Å². The van der Waals surface area contributed by atoms with Gasteiger partial charge in [-0.05, 0) is 54.9 Å². The molecule has 0 N–H and O–H groups in total. The lowest BCUT2D eigenvalue weighted by molar-refractivity contribution is 0.415. The van der Waals surface area contributed by atoms with E-state index in [0.717, 1.165) is 22.7 Å². The molecule has 5 rings (SSSR count). The number of nitrogens with zero attached hydrogens (tertiary/aromatic N) is 6. The van der Waals surface area contributed by atoms with Crippen LogP contribution in [0.5, 0.6) is 5.75 Å². The van der Waals surface area contributed by atoms with Gasteiger partial charge in [0.1, 0.15) is 12.1 Å². The zero-order valence-electron chi connectivity index (χ0n) is 16.3. The summed E-state index contributed by atoms with van der Waals surface area (Å²) in [7, 11) is 1.63. The van der Waals surface area contributed by atoms with E-state index in [-0.39, 0.29) is 5.28 Å². The molecule has 2 aromatic carbocycles. The van der Waals surface area contributed by atoms with Crippen molar-refractivity contribution in [2.75, 3.05) is 7.11 Å². The van der Waals surface area contributed by atoms with Crippen LogP contribution in [-0.2, 0) is 0 Å². The molecule has 0 saturated heterocycles. The van der Waals surface area contributed by atoms with Crippen molar-refractivity contribution >= 4 is 22.8 Å². The largest absolute Gasteiger partial charge is 0.497 e. The molecule has 0 amide bonds. The summed E-state index contributed by atoms with van der Waals surface area (Å²) in [6.45, 7) is 2.06. The minimum atomic E-state index is 0.125. The van der Waals surface area contributed by atoms with Gasteiger partial charge in [-0.2, -0.15) is 15.1 Å². The van der Waals surface area contributed by atoms with Gasteiger partial charge in [0.2, 0.25) is 5.28 Å². The molecule has 0 radical (unpaired) electrons. The molecule has 30 heavy (non-hydrogen) atoms. The molecule has 0 aliphatic carbocycles. The maximum atomic E-state index is 6.26. The molecule has 0 fully saturated rings. The molecule has 0 unspecified atom stereocenters. The number of aryl methyl sites for hydroxylation is 1. The summed E-state index contributed by atoms with van der Waals surface area (Å²) in [5.41, 5.74) is 5.15. The Bertz CT molecular complexity index is 1360. The Balaban J connectivity index is 1.61. The lowest BCUT2D eigenvalue weighted by atomic mass is 10.1. The SMILES string of the molecule is COc1ccc(-n2cnc3c(-n4ccc(-c5cccc(C)c5)n4)nc(Cl)nc32)cc1. The fraction of sp³-hybridized carbons (Fsp3) is 0.0909. The molecule has 7 nitrogen and oxygen atoms in total. The highest BCUT2D eigenvalue weighted by Crippen LogP contribution is 2.25. The molecule has 0 bridgehead atoms. The van der Waals surface area contributed by atoms with Gasteiger partial charge in [-0.15, -0.1) is 0 Å². The molecular weight excluding hydrogens is 400 g/mol. The van der Waals surface area contributed by atoms with E-state index in [0.29, 0.717) is 17.0 Å². The smallest absolute Gasteiger partial charge is 0.226 e. The summed E-state index contributed by atoms with van der Waals surface area (Å²) >= 11 is 6.26. The predicted octanol–water partition coefficient (Wildman–Crippen LogP) is 4.64. The van der Waals surface area contributed by atoms with Crippen LogP contribution in [0.2, 0.25) is 5.28 Å². The number of aromatic nitrogens is 6. The third-order valence-corrected chi connectivity index (χ3v) is 4.99. The Kier molecular flexibility index (Phi) is 4.44. The summed E-state index contributed by atoms with van der Waals surface area (Å²) in [6.07, 6.45) is 3.55. The van der Waals surface area contributed by atoms with E-state index in [1.54, 1.807) is 18.1 Å². The maximum absolute atomic E-state index is 6.26. The van der Waals surface area contributed by atoms with Crippen molar-refractivity contribution in [2.45, 2.75) is 6.92 Å². The minimum absolute atomic E-state index is 0.125. The van der Waals surface area contributed by atoms with E-state index in [1.807, 2.05) is 53.2 Å². The minimum Gasteiger partial charge on any atom is -0.497 e. The van der Waals surface area contributed by atoms with Gasteiger partial charge >= 0.3 is 0 Å². The fourth-order valence-corrected chi connectivity index (χ4v) is 3.51. The molecule has 0 saturated carbocycles. The van der Waals surface area contributed by atoms with Crippen molar-refractivity contribution in [3.63, 3.8) is 0 Å². The topological polar surface area (TPSA) is 70.7 Å². The number of benzene rings is 2. The summed E-state index contributed by atoms with van der Waals surface area (Å²) < 4.78 is 8.77. The quantitative estimate of drug-likeness (QED) is 0.399. The summed E-state index contributed by atoms with van der Waals surface area (Å²) in [6, 6.07) is 17.8. The van der Waals surface area contributed by atoms with Crippen molar-refractivity contribution in [2.24, 2.45) is 0 Å². The van der Waals surface area contributed by atoms with Gasteiger partial charge in [-0.3, -0.25) is 4.57 Å². The number of hydrogen-bond acceptors (Lipinski definition) is 5. The molecule has 3 heterocycles. The molecule has 8 heteroatoms. The zero-order chi connectivity index (χ0) is 20.7. The van der Waals surface area contributed by atoms with Crippen molar-refractivity contribution in [1.29, 1.82) is 0 Å². The van der Waals surface area contributed by atoms with Gasteiger partial charge in [0.15, 0.2) is 17.0 Å². The van der Waals surface area contributed by atoms with Crippen LogP contribution in [0.4, 0.5) is 0 Å². The van der Waals surface area contributed by atoms with Crippen LogP contribution in [-0.4, -0.2) is 36.4 Å². The lowest BCUT2D eigenvalue weighted by Crippen LogP contribution is -2.03. The van der Waals surface area contributed by atoms with Crippen LogP contribution in [0.25, 0.3) is 33.9 Å². The second-order valence-electron chi connectivity index (χ2n) is 6.82. The first-order valence-electron chi connectivity index (χ1n) is 9.30. The highest BCUT2D eigenvalue weighted by molar-refractivity contribution is 6.28. The van der Waals surface area contributed by atoms with Gasteiger partial charge in [-0.25, -0.2) is 9.67 Å². The fourth-order valence-electron chi connectivity index (χ4n) is 3.35. The van der Waals surface area contributed by atoms with Gasteiger partial charge in [0, 0.05) is 17.4 Å². The number of fused-ring (bicyclic) bond motifs is 1. The molecule has 0 spiro atoms. The van der Waals surface area contributed by atoms with Crippen molar-refractivity contribution in [1.82, 2.24) is 29.3 Å². The van der Waals surface area contributed by atoms with Crippen LogP contribution in [0.15, 0.2) is 67.1 Å². The van der Waals surface area contributed by atoms with E-state index in [2.05, 4.69) is 39.1 Å². The molecule has 148 valence electrons. The van der Waals surface area contributed by atoms with E-state index in [4.69, 9.17) is 16.3 Å². The summed E-state index contributed by atoms with van der Waals surface area (Å²) in [4.78, 5) is 13.3. The summed E-state index contributed by atoms with van der Waals surface area (Å²) in [5, 5.41) is 4.82. The number of methoxy groups -OCH3 is 1. The summed E-state index contributed by atoms with van der Waals surface area (Å²) in [5.74, 6) is 1.30. The Morgan fingerprint density at radius 3 is 2.60 bits per heavy atom. The highest BCUT2D eigenvalue weighted by Gasteiger charge is 2.16. The maximum Gasteiger partial charge on any atom is 0.226 e. The first kappa shape index (κ1) is 18.3. The number of ether oxygens (including phenoxy) is 1. The van der Waals surface area contributed by atoms with Gasteiger partial charge in [0.25, 0.3) is 0 Å². The van der Waals surface area contributed by atoms with Gasteiger partial charge in [-0.1, -0.05) is 23.8 Å². The normalized spacial score (nSPS) is 11.2. The van der Waals surface area contributed by atoms with Crippen LogP contribution in [0.3, 0.4) is 0 Å². The third kappa shape index (κ3) is 3.19. The Hall–Kier alpha value is -3.71. The van der Waals surface area contributed by atoms with Crippen LogP contribution < -0.4 is 4.74 Å².